The molecule has 2 nitrogen and oxygen atoms in total. The first-order chi connectivity index (χ1) is 8.52. The highest BCUT2D eigenvalue weighted by molar-refractivity contribution is 6.31. The average Bonchev–Trinajstić information content (AvgIpc) is 2.73. The fraction of sp³-hybridized carbons (Fsp3) is 0.600. The standard InChI is InChI=1S/C15H22ClNO/c1-9-5-13(14(16)6-10(9)2)15(17-4)12-7-11(3)18-8-12/h5-6,11-12,15,17H,7-8H2,1-4H3. The molecule has 1 aromatic rings. The summed E-state index contributed by atoms with van der Waals surface area (Å²) in [4.78, 5) is 0. The van der Waals surface area contributed by atoms with E-state index in [9.17, 15) is 0 Å². The summed E-state index contributed by atoms with van der Waals surface area (Å²) in [5.41, 5.74) is 3.74. The van der Waals surface area contributed by atoms with Crippen LogP contribution in [0.2, 0.25) is 5.02 Å². The topological polar surface area (TPSA) is 21.3 Å². The summed E-state index contributed by atoms with van der Waals surface area (Å²) in [6.45, 7) is 7.18. The van der Waals surface area contributed by atoms with Crippen molar-refractivity contribution in [2.75, 3.05) is 13.7 Å². The highest BCUT2D eigenvalue weighted by Crippen LogP contribution is 2.35. The highest BCUT2D eigenvalue weighted by atomic mass is 35.5. The quantitative estimate of drug-likeness (QED) is 0.903. The van der Waals surface area contributed by atoms with Crippen molar-refractivity contribution in [3.63, 3.8) is 0 Å². The molecule has 0 amide bonds. The SMILES string of the molecule is CNC(c1cc(C)c(C)cc1Cl)C1COC(C)C1. The summed E-state index contributed by atoms with van der Waals surface area (Å²) < 4.78 is 5.68. The van der Waals surface area contributed by atoms with Gasteiger partial charge in [0, 0.05) is 17.0 Å². The Morgan fingerprint density at radius 2 is 2.00 bits per heavy atom. The number of nitrogens with one attached hydrogen (secondary N) is 1. The van der Waals surface area contributed by atoms with E-state index in [1.165, 1.54) is 16.7 Å². The predicted octanol–water partition coefficient (Wildman–Crippen LogP) is 3.64. The highest BCUT2D eigenvalue weighted by Gasteiger charge is 2.30. The molecule has 3 unspecified atom stereocenters. The molecule has 0 aromatic heterocycles. The van der Waals surface area contributed by atoms with E-state index in [1.807, 2.05) is 7.05 Å². The van der Waals surface area contributed by atoms with Crippen LogP contribution in [-0.2, 0) is 4.74 Å². The van der Waals surface area contributed by atoms with Gasteiger partial charge in [0.15, 0.2) is 0 Å². The van der Waals surface area contributed by atoms with E-state index in [0.29, 0.717) is 12.0 Å². The molecule has 3 atom stereocenters. The maximum atomic E-state index is 6.41. The molecule has 0 radical (unpaired) electrons. The maximum absolute atomic E-state index is 6.41. The fourth-order valence-corrected chi connectivity index (χ4v) is 3.11. The van der Waals surface area contributed by atoms with Crippen molar-refractivity contribution < 1.29 is 4.74 Å². The minimum atomic E-state index is 0.279. The van der Waals surface area contributed by atoms with Crippen molar-refractivity contribution in [2.24, 2.45) is 5.92 Å². The van der Waals surface area contributed by atoms with Gasteiger partial charge in [-0.05, 0) is 57.0 Å². The van der Waals surface area contributed by atoms with Gasteiger partial charge in [-0.25, -0.2) is 0 Å². The zero-order valence-corrected chi connectivity index (χ0v) is 12.3. The van der Waals surface area contributed by atoms with Gasteiger partial charge in [-0.15, -0.1) is 0 Å². The molecule has 18 heavy (non-hydrogen) atoms. The molecule has 0 saturated carbocycles. The van der Waals surface area contributed by atoms with E-state index in [4.69, 9.17) is 16.3 Å². The molecule has 1 heterocycles. The number of hydrogen-bond acceptors (Lipinski definition) is 2. The molecular formula is C15H22ClNO. The first-order valence-corrected chi connectivity index (χ1v) is 6.96. The van der Waals surface area contributed by atoms with Crippen LogP contribution in [0.4, 0.5) is 0 Å². The van der Waals surface area contributed by atoms with Gasteiger partial charge in [0.05, 0.1) is 12.7 Å². The first-order valence-electron chi connectivity index (χ1n) is 6.58. The summed E-state index contributed by atoms with van der Waals surface area (Å²) in [6, 6.07) is 4.55. The normalized spacial score (nSPS) is 25.4. The van der Waals surface area contributed by atoms with Crippen molar-refractivity contribution >= 4 is 11.6 Å². The van der Waals surface area contributed by atoms with E-state index in [1.54, 1.807) is 0 Å². The summed E-state index contributed by atoms with van der Waals surface area (Å²) in [5.74, 6) is 0.504. The number of aryl methyl sites for hydroxylation is 2. The Kier molecular flexibility index (Phi) is 4.31. The number of rotatable bonds is 3. The van der Waals surface area contributed by atoms with E-state index < -0.39 is 0 Å². The van der Waals surface area contributed by atoms with Crippen LogP contribution in [0.25, 0.3) is 0 Å². The Morgan fingerprint density at radius 3 is 2.56 bits per heavy atom. The molecule has 3 heteroatoms. The minimum absolute atomic E-state index is 0.279. The van der Waals surface area contributed by atoms with Gasteiger partial charge in [0.2, 0.25) is 0 Å². The summed E-state index contributed by atoms with van der Waals surface area (Å²) in [7, 11) is 2.00. The number of benzene rings is 1. The van der Waals surface area contributed by atoms with Gasteiger partial charge in [-0.3, -0.25) is 0 Å². The van der Waals surface area contributed by atoms with E-state index in [2.05, 4.69) is 38.2 Å². The lowest BCUT2D eigenvalue weighted by Gasteiger charge is -2.24. The fourth-order valence-electron chi connectivity index (χ4n) is 2.77. The van der Waals surface area contributed by atoms with Gasteiger partial charge in [-0.1, -0.05) is 17.7 Å². The lowest BCUT2D eigenvalue weighted by atomic mass is 9.89. The second-order valence-electron chi connectivity index (χ2n) is 5.36. The first kappa shape index (κ1) is 13.9. The Labute approximate surface area is 115 Å². The van der Waals surface area contributed by atoms with Gasteiger partial charge in [-0.2, -0.15) is 0 Å². The summed E-state index contributed by atoms with van der Waals surface area (Å²) in [6.07, 6.45) is 1.45. The smallest absolute Gasteiger partial charge is 0.0551 e. The molecule has 1 aromatic carbocycles. The monoisotopic (exact) mass is 267 g/mol. The second-order valence-corrected chi connectivity index (χ2v) is 5.77. The Bertz CT molecular complexity index is 433. The Morgan fingerprint density at radius 1 is 1.33 bits per heavy atom. The average molecular weight is 268 g/mol. The van der Waals surface area contributed by atoms with Crippen molar-refractivity contribution in [1.29, 1.82) is 0 Å². The van der Waals surface area contributed by atoms with Crippen LogP contribution in [0, 0.1) is 19.8 Å². The van der Waals surface area contributed by atoms with Crippen LogP contribution in [0.15, 0.2) is 12.1 Å². The molecule has 1 fully saturated rings. The molecule has 0 spiro atoms. The minimum Gasteiger partial charge on any atom is -0.378 e. The van der Waals surface area contributed by atoms with E-state index in [-0.39, 0.29) is 6.04 Å². The molecule has 0 bridgehead atoms. The molecule has 1 N–H and O–H groups in total. The van der Waals surface area contributed by atoms with E-state index in [0.717, 1.165) is 18.1 Å². The predicted molar refractivity (Wildman–Crippen MR) is 76.2 cm³/mol. The molecule has 100 valence electrons. The van der Waals surface area contributed by atoms with Crippen molar-refractivity contribution in [3.05, 3.63) is 33.8 Å². The van der Waals surface area contributed by atoms with Crippen molar-refractivity contribution in [1.82, 2.24) is 5.32 Å². The van der Waals surface area contributed by atoms with Crippen LogP contribution in [0.5, 0.6) is 0 Å². The molecule has 1 saturated heterocycles. The zero-order valence-electron chi connectivity index (χ0n) is 11.6. The van der Waals surface area contributed by atoms with Gasteiger partial charge in [0.1, 0.15) is 0 Å². The molecule has 1 aliphatic heterocycles. The maximum Gasteiger partial charge on any atom is 0.0551 e. The van der Waals surface area contributed by atoms with Gasteiger partial charge >= 0.3 is 0 Å². The molecular weight excluding hydrogens is 246 g/mol. The van der Waals surface area contributed by atoms with Gasteiger partial charge < -0.3 is 10.1 Å². The second kappa shape index (κ2) is 5.60. The largest absolute Gasteiger partial charge is 0.378 e. The molecule has 1 aliphatic rings. The molecule has 2 rings (SSSR count). The Balaban J connectivity index is 2.30. The van der Waals surface area contributed by atoms with E-state index >= 15 is 0 Å². The third kappa shape index (κ3) is 2.71. The van der Waals surface area contributed by atoms with Gasteiger partial charge in [0.25, 0.3) is 0 Å². The van der Waals surface area contributed by atoms with Crippen LogP contribution in [0.1, 0.15) is 36.1 Å². The lowest BCUT2D eigenvalue weighted by molar-refractivity contribution is 0.117. The van der Waals surface area contributed by atoms with Crippen LogP contribution >= 0.6 is 11.6 Å². The molecule has 0 aliphatic carbocycles. The summed E-state index contributed by atoms with van der Waals surface area (Å²) >= 11 is 6.41. The van der Waals surface area contributed by atoms with Crippen LogP contribution < -0.4 is 5.32 Å². The third-order valence-corrected chi connectivity index (χ3v) is 4.29. The lowest BCUT2D eigenvalue weighted by Crippen LogP contribution is -2.26. The van der Waals surface area contributed by atoms with Crippen LogP contribution in [-0.4, -0.2) is 19.8 Å². The number of ether oxygens (including phenoxy) is 1. The number of hydrogen-bond donors (Lipinski definition) is 1. The van der Waals surface area contributed by atoms with Crippen molar-refractivity contribution in [2.45, 2.75) is 39.3 Å². The van der Waals surface area contributed by atoms with Crippen molar-refractivity contribution in [3.8, 4) is 0 Å². The zero-order chi connectivity index (χ0) is 13.3. The Hall–Kier alpha value is -0.570. The summed E-state index contributed by atoms with van der Waals surface area (Å²) in [5, 5.41) is 4.26. The van der Waals surface area contributed by atoms with Crippen LogP contribution in [0.3, 0.4) is 0 Å². The number of halogens is 1. The third-order valence-electron chi connectivity index (χ3n) is 3.96.